The lowest BCUT2D eigenvalue weighted by atomic mass is 10.1. The van der Waals surface area contributed by atoms with Crippen molar-refractivity contribution in [3.63, 3.8) is 0 Å². The Morgan fingerprint density at radius 1 is 1.38 bits per heavy atom. The maximum Gasteiger partial charge on any atom is 0.323 e. The Morgan fingerprint density at radius 3 is 2.83 bits per heavy atom. The number of aliphatic hydroxyl groups excluding tert-OH is 1. The minimum Gasteiger partial charge on any atom is -0.391 e. The third-order valence-electron chi connectivity index (χ3n) is 4.50. The zero-order valence-electron chi connectivity index (χ0n) is 14.1. The van der Waals surface area contributed by atoms with Gasteiger partial charge in [0.05, 0.1) is 12.1 Å². The van der Waals surface area contributed by atoms with E-state index in [0.29, 0.717) is 18.9 Å². The summed E-state index contributed by atoms with van der Waals surface area (Å²) in [6.45, 7) is 5.06. The molecule has 6 heteroatoms. The Balaban J connectivity index is 1.71. The van der Waals surface area contributed by atoms with Gasteiger partial charge in [-0.05, 0) is 32.3 Å². The van der Waals surface area contributed by atoms with Gasteiger partial charge in [0.15, 0.2) is 5.82 Å². The normalized spacial score (nSPS) is 19.1. The predicted molar refractivity (Wildman–Crippen MR) is 93.1 cm³/mol. The van der Waals surface area contributed by atoms with Gasteiger partial charge in [-0.1, -0.05) is 30.3 Å². The van der Waals surface area contributed by atoms with Crippen LogP contribution in [0.2, 0.25) is 0 Å². The zero-order valence-corrected chi connectivity index (χ0v) is 14.1. The van der Waals surface area contributed by atoms with Gasteiger partial charge in [0.25, 0.3) is 0 Å². The molecular formula is C18H24N4O2. The molecule has 1 aromatic heterocycles. The molecule has 128 valence electrons. The first-order chi connectivity index (χ1) is 11.5. The number of urea groups is 1. The number of hydrogen-bond acceptors (Lipinski definition) is 3. The van der Waals surface area contributed by atoms with E-state index in [4.69, 9.17) is 0 Å². The third-order valence-corrected chi connectivity index (χ3v) is 4.50. The molecule has 3 rings (SSSR count). The Labute approximate surface area is 142 Å². The number of nitrogens with zero attached hydrogens (tertiary/aromatic N) is 3. The van der Waals surface area contributed by atoms with Crippen molar-refractivity contribution in [2.24, 2.45) is 0 Å². The van der Waals surface area contributed by atoms with Crippen molar-refractivity contribution < 1.29 is 9.90 Å². The van der Waals surface area contributed by atoms with Crippen LogP contribution in [0.25, 0.3) is 0 Å². The number of aliphatic hydroxyl groups is 1. The summed E-state index contributed by atoms with van der Waals surface area (Å²) in [4.78, 5) is 14.0. The molecule has 2 amide bonds. The first kappa shape index (κ1) is 16.5. The van der Waals surface area contributed by atoms with Gasteiger partial charge < -0.3 is 10.0 Å². The van der Waals surface area contributed by atoms with Gasteiger partial charge in [-0.15, -0.1) is 0 Å². The van der Waals surface area contributed by atoms with Gasteiger partial charge in [0, 0.05) is 24.8 Å². The van der Waals surface area contributed by atoms with Crippen LogP contribution in [0.3, 0.4) is 0 Å². The number of β-amino-alcohol motifs (C(OH)–C–C–N with tert-alkyl or cyclic N) is 1. The fraction of sp³-hybridized carbons (Fsp3) is 0.444. The summed E-state index contributed by atoms with van der Waals surface area (Å²) in [7, 11) is 0. The van der Waals surface area contributed by atoms with Crippen LogP contribution in [0, 0.1) is 6.92 Å². The van der Waals surface area contributed by atoms with Crippen LogP contribution in [0.1, 0.15) is 36.9 Å². The summed E-state index contributed by atoms with van der Waals surface area (Å²) in [5, 5.41) is 17.1. The second-order valence-electron chi connectivity index (χ2n) is 6.40. The van der Waals surface area contributed by atoms with E-state index in [1.54, 1.807) is 4.90 Å². The maximum atomic E-state index is 12.4. The number of carbonyl (C=O) groups is 1. The molecule has 1 aromatic carbocycles. The lowest BCUT2D eigenvalue weighted by Crippen LogP contribution is -2.44. The second kappa shape index (κ2) is 7.05. The van der Waals surface area contributed by atoms with Crippen molar-refractivity contribution in [2.75, 3.05) is 18.4 Å². The van der Waals surface area contributed by atoms with Crippen molar-refractivity contribution in [2.45, 2.75) is 38.8 Å². The van der Waals surface area contributed by atoms with Crippen LogP contribution in [0.4, 0.5) is 10.6 Å². The molecule has 1 aliphatic rings. The third kappa shape index (κ3) is 3.59. The molecule has 2 aromatic rings. The van der Waals surface area contributed by atoms with Gasteiger partial charge in [0.1, 0.15) is 0 Å². The molecule has 24 heavy (non-hydrogen) atoms. The highest BCUT2D eigenvalue weighted by Crippen LogP contribution is 2.21. The molecule has 0 unspecified atom stereocenters. The number of rotatable bonds is 3. The molecule has 6 nitrogen and oxygen atoms in total. The Bertz CT molecular complexity index is 698. The highest BCUT2D eigenvalue weighted by atomic mass is 16.3. The summed E-state index contributed by atoms with van der Waals surface area (Å²) in [6, 6.07) is 10.0. The van der Waals surface area contributed by atoms with E-state index in [9.17, 15) is 9.90 Å². The van der Waals surface area contributed by atoms with Crippen LogP contribution >= 0.6 is 0 Å². The van der Waals surface area contributed by atoms with Crippen LogP contribution in [0.5, 0.6) is 0 Å². The molecule has 1 aliphatic heterocycles. The molecule has 0 bridgehead atoms. The summed E-state index contributed by atoms with van der Waals surface area (Å²) in [5.41, 5.74) is 2.08. The minimum atomic E-state index is -0.429. The fourth-order valence-corrected chi connectivity index (χ4v) is 3.01. The first-order valence-corrected chi connectivity index (χ1v) is 8.39. The average molecular weight is 328 g/mol. The lowest BCUT2D eigenvalue weighted by molar-refractivity contribution is 0.0883. The average Bonchev–Trinajstić information content (AvgIpc) is 2.95. The van der Waals surface area contributed by atoms with E-state index < -0.39 is 6.10 Å². The molecule has 2 atom stereocenters. The highest BCUT2D eigenvalue weighted by Gasteiger charge is 2.23. The zero-order chi connectivity index (χ0) is 17.1. The first-order valence-electron chi connectivity index (χ1n) is 8.39. The highest BCUT2D eigenvalue weighted by molar-refractivity contribution is 5.89. The molecule has 0 spiro atoms. The van der Waals surface area contributed by atoms with Gasteiger partial charge in [-0.2, -0.15) is 5.10 Å². The van der Waals surface area contributed by atoms with Crippen molar-refractivity contribution in [1.82, 2.24) is 14.7 Å². The number of aromatic nitrogens is 2. The number of hydrogen-bond donors (Lipinski definition) is 2. The molecule has 1 saturated heterocycles. The van der Waals surface area contributed by atoms with Gasteiger partial charge in [0.2, 0.25) is 0 Å². The monoisotopic (exact) mass is 328 g/mol. The van der Waals surface area contributed by atoms with Gasteiger partial charge in [-0.25, -0.2) is 4.79 Å². The van der Waals surface area contributed by atoms with Crippen molar-refractivity contribution in [3.05, 3.63) is 47.7 Å². The quantitative estimate of drug-likeness (QED) is 0.910. The number of nitrogens with one attached hydrogen (secondary N) is 1. The van der Waals surface area contributed by atoms with Crippen LogP contribution in [-0.2, 0) is 0 Å². The number of piperidine rings is 1. The summed E-state index contributed by atoms with van der Waals surface area (Å²) in [6.07, 6.45) is 3.10. The summed E-state index contributed by atoms with van der Waals surface area (Å²) < 4.78 is 1.87. The Hall–Kier alpha value is -2.34. The topological polar surface area (TPSA) is 70.4 Å². The van der Waals surface area contributed by atoms with Crippen molar-refractivity contribution in [1.29, 1.82) is 0 Å². The minimum absolute atomic E-state index is 0.0901. The number of carbonyl (C=O) groups excluding carboxylic acids is 1. The maximum absolute atomic E-state index is 12.4. The Kier molecular flexibility index (Phi) is 4.85. The summed E-state index contributed by atoms with van der Waals surface area (Å²) >= 11 is 0. The van der Waals surface area contributed by atoms with E-state index in [-0.39, 0.29) is 12.1 Å². The molecule has 2 heterocycles. The predicted octanol–water partition coefficient (Wildman–Crippen LogP) is 2.79. The number of amides is 2. The standard InChI is InChI=1S/C18H24N4O2/c1-13-11-22(14(2)15-7-4-3-5-8-15)20-17(13)19-18(24)21-10-6-9-16(23)12-21/h3-5,7-8,11,14,16,23H,6,9-10,12H2,1-2H3,(H,19,20,24)/t14-,16+/m1/s1. The molecular weight excluding hydrogens is 304 g/mol. The molecule has 0 aliphatic carbocycles. The lowest BCUT2D eigenvalue weighted by Gasteiger charge is -2.29. The van der Waals surface area contributed by atoms with E-state index >= 15 is 0 Å². The van der Waals surface area contributed by atoms with Crippen LogP contribution in [-0.4, -0.2) is 45.0 Å². The van der Waals surface area contributed by atoms with Gasteiger partial charge in [-0.3, -0.25) is 10.00 Å². The smallest absolute Gasteiger partial charge is 0.323 e. The van der Waals surface area contributed by atoms with Crippen LogP contribution in [0.15, 0.2) is 36.5 Å². The SMILES string of the molecule is Cc1cn([C@H](C)c2ccccc2)nc1NC(=O)N1CCC[C@H](O)C1. The number of benzene rings is 1. The molecule has 2 N–H and O–H groups in total. The van der Waals surface area contributed by atoms with Gasteiger partial charge >= 0.3 is 6.03 Å². The number of aryl methyl sites for hydroxylation is 1. The van der Waals surface area contributed by atoms with E-state index in [1.807, 2.05) is 36.0 Å². The van der Waals surface area contributed by atoms with E-state index in [1.165, 1.54) is 0 Å². The van der Waals surface area contributed by atoms with Crippen LogP contribution < -0.4 is 5.32 Å². The second-order valence-corrected chi connectivity index (χ2v) is 6.40. The molecule has 0 radical (unpaired) electrons. The molecule has 0 saturated carbocycles. The van der Waals surface area contributed by atoms with Crippen molar-refractivity contribution in [3.8, 4) is 0 Å². The number of anilines is 1. The summed E-state index contributed by atoms with van der Waals surface area (Å²) in [5.74, 6) is 0.572. The van der Waals surface area contributed by atoms with Crippen molar-refractivity contribution >= 4 is 11.8 Å². The van der Waals surface area contributed by atoms with E-state index in [2.05, 4.69) is 29.5 Å². The molecule has 1 fully saturated rings. The number of likely N-dealkylation sites (tertiary alicyclic amines) is 1. The largest absolute Gasteiger partial charge is 0.391 e. The Morgan fingerprint density at radius 2 is 2.12 bits per heavy atom. The van der Waals surface area contributed by atoms with E-state index in [0.717, 1.165) is 24.0 Å². The fourth-order valence-electron chi connectivity index (χ4n) is 3.01.